The summed E-state index contributed by atoms with van der Waals surface area (Å²) in [4.78, 5) is 10.6. The van der Waals surface area contributed by atoms with E-state index in [1.165, 1.54) is 32.1 Å². The zero-order valence-electron chi connectivity index (χ0n) is 11.1. The average molecular weight is 282 g/mol. The van der Waals surface area contributed by atoms with Crippen LogP contribution in [0.4, 0.5) is 5.69 Å². The molecule has 1 aliphatic carbocycles. The second-order valence-corrected chi connectivity index (χ2v) is 6.04. The van der Waals surface area contributed by atoms with Crippen molar-refractivity contribution in [2.24, 2.45) is 5.92 Å². The fraction of sp³-hybridized carbons (Fsp3) is 0.600. The van der Waals surface area contributed by atoms with E-state index in [4.69, 9.17) is 11.6 Å². The fourth-order valence-corrected chi connectivity index (χ4v) is 3.39. The van der Waals surface area contributed by atoms with E-state index < -0.39 is 0 Å². The Morgan fingerprint density at radius 1 is 1.26 bits per heavy atom. The van der Waals surface area contributed by atoms with Gasteiger partial charge in [-0.3, -0.25) is 10.1 Å². The van der Waals surface area contributed by atoms with Crippen LogP contribution < -0.4 is 0 Å². The van der Waals surface area contributed by atoms with Crippen molar-refractivity contribution in [3.63, 3.8) is 0 Å². The molecule has 1 saturated carbocycles. The molecule has 1 unspecified atom stereocenters. The van der Waals surface area contributed by atoms with Gasteiger partial charge in [-0.05, 0) is 18.8 Å². The third-order valence-electron chi connectivity index (χ3n) is 3.94. The van der Waals surface area contributed by atoms with Crippen LogP contribution in [0.2, 0.25) is 0 Å². The number of hydrogen-bond acceptors (Lipinski definition) is 2. The van der Waals surface area contributed by atoms with Gasteiger partial charge in [0.25, 0.3) is 5.69 Å². The van der Waals surface area contributed by atoms with Crippen molar-refractivity contribution in [2.75, 3.05) is 0 Å². The molecule has 1 aliphatic rings. The van der Waals surface area contributed by atoms with Crippen molar-refractivity contribution in [2.45, 2.75) is 50.3 Å². The highest BCUT2D eigenvalue weighted by molar-refractivity contribution is 6.20. The van der Waals surface area contributed by atoms with Crippen molar-refractivity contribution in [3.05, 3.63) is 39.9 Å². The minimum Gasteiger partial charge on any atom is -0.258 e. The van der Waals surface area contributed by atoms with E-state index in [2.05, 4.69) is 0 Å². The van der Waals surface area contributed by atoms with E-state index in [1.54, 1.807) is 12.1 Å². The van der Waals surface area contributed by atoms with Gasteiger partial charge in [0.2, 0.25) is 0 Å². The van der Waals surface area contributed by atoms with Crippen molar-refractivity contribution >= 4 is 17.3 Å². The maximum atomic E-state index is 11.0. The maximum absolute atomic E-state index is 11.0. The van der Waals surface area contributed by atoms with Crippen molar-refractivity contribution in [1.29, 1.82) is 0 Å². The lowest BCUT2D eigenvalue weighted by atomic mass is 9.85. The molecule has 19 heavy (non-hydrogen) atoms. The van der Waals surface area contributed by atoms with E-state index in [-0.39, 0.29) is 16.0 Å². The monoisotopic (exact) mass is 281 g/mol. The third kappa shape index (κ3) is 4.20. The lowest BCUT2D eigenvalue weighted by molar-refractivity contribution is -0.385. The molecule has 4 heteroatoms. The number of alkyl halides is 1. The van der Waals surface area contributed by atoms with Gasteiger partial charge in [0.1, 0.15) is 0 Å². The summed E-state index contributed by atoms with van der Waals surface area (Å²) in [5.74, 6) is 0.707. The number of para-hydroxylation sites is 1. The summed E-state index contributed by atoms with van der Waals surface area (Å²) in [5, 5.41) is 11.0. The van der Waals surface area contributed by atoms with Crippen LogP contribution in [0, 0.1) is 16.0 Å². The molecule has 0 N–H and O–H groups in total. The summed E-state index contributed by atoms with van der Waals surface area (Å²) in [5.41, 5.74) is 0.945. The van der Waals surface area contributed by atoms with Crippen LogP contribution in [-0.4, -0.2) is 10.3 Å². The van der Waals surface area contributed by atoms with Gasteiger partial charge in [0, 0.05) is 17.0 Å². The second-order valence-electron chi connectivity index (χ2n) is 5.43. The molecule has 0 spiro atoms. The molecular formula is C15H20ClNO2. The van der Waals surface area contributed by atoms with Gasteiger partial charge < -0.3 is 0 Å². The first-order chi connectivity index (χ1) is 9.16. The van der Waals surface area contributed by atoms with Crippen molar-refractivity contribution < 1.29 is 4.92 Å². The maximum Gasteiger partial charge on any atom is 0.272 e. The molecule has 0 amide bonds. The first-order valence-electron chi connectivity index (χ1n) is 7.03. The third-order valence-corrected chi connectivity index (χ3v) is 4.28. The summed E-state index contributed by atoms with van der Waals surface area (Å²) in [6.07, 6.45) is 8.05. The van der Waals surface area contributed by atoms with E-state index in [9.17, 15) is 10.1 Å². The van der Waals surface area contributed by atoms with Gasteiger partial charge in [-0.25, -0.2) is 0 Å². The number of hydrogen-bond donors (Lipinski definition) is 0. The largest absolute Gasteiger partial charge is 0.272 e. The Balaban J connectivity index is 1.94. The Morgan fingerprint density at radius 3 is 2.63 bits per heavy atom. The molecule has 1 atom stereocenters. The molecule has 0 radical (unpaired) electrons. The topological polar surface area (TPSA) is 43.1 Å². The molecule has 2 rings (SSSR count). The number of halogens is 1. The van der Waals surface area contributed by atoms with Crippen LogP contribution in [0.1, 0.15) is 44.1 Å². The molecule has 0 heterocycles. The minimum absolute atomic E-state index is 0.00389. The lowest BCUT2D eigenvalue weighted by Crippen LogP contribution is -2.14. The zero-order valence-corrected chi connectivity index (χ0v) is 11.8. The summed E-state index contributed by atoms with van der Waals surface area (Å²) in [6.45, 7) is 0. The van der Waals surface area contributed by atoms with Gasteiger partial charge in [-0.2, -0.15) is 0 Å². The molecule has 0 bridgehead atoms. The molecule has 1 fully saturated rings. The van der Waals surface area contributed by atoms with Gasteiger partial charge in [-0.1, -0.05) is 50.3 Å². The Labute approximate surface area is 119 Å². The smallest absolute Gasteiger partial charge is 0.258 e. The summed E-state index contributed by atoms with van der Waals surface area (Å²) in [7, 11) is 0. The van der Waals surface area contributed by atoms with Crippen LogP contribution in [-0.2, 0) is 6.42 Å². The Morgan fingerprint density at radius 2 is 1.95 bits per heavy atom. The molecule has 3 nitrogen and oxygen atoms in total. The summed E-state index contributed by atoms with van der Waals surface area (Å²) >= 11 is 6.40. The predicted octanol–water partition coefficient (Wildman–Crippen LogP) is 4.72. The lowest BCUT2D eigenvalue weighted by Gasteiger charge is -2.23. The molecule has 104 valence electrons. The number of nitrogens with zero attached hydrogens (tertiary/aromatic N) is 1. The standard InChI is InChI=1S/C15H20ClNO2/c16-14(10-12-6-2-1-3-7-12)11-13-8-4-5-9-15(13)17(18)19/h4-5,8-9,12,14H,1-3,6-7,10-11H2. The minimum atomic E-state index is -0.320. The molecule has 0 aromatic heterocycles. The van der Waals surface area contributed by atoms with Gasteiger partial charge in [0.15, 0.2) is 0 Å². The molecule has 1 aromatic rings. The average Bonchev–Trinajstić information content (AvgIpc) is 2.40. The Bertz CT molecular complexity index is 430. The number of rotatable bonds is 5. The predicted molar refractivity (Wildman–Crippen MR) is 77.6 cm³/mol. The molecule has 0 aliphatic heterocycles. The highest BCUT2D eigenvalue weighted by Crippen LogP contribution is 2.30. The van der Waals surface area contributed by atoms with Gasteiger partial charge in [0.05, 0.1) is 4.92 Å². The van der Waals surface area contributed by atoms with Gasteiger partial charge in [-0.15, -0.1) is 11.6 Å². The summed E-state index contributed by atoms with van der Waals surface area (Å²) in [6, 6.07) is 6.91. The number of nitro benzene ring substituents is 1. The van der Waals surface area contributed by atoms with Crippen LogP contribution in [0.15, 0.2) is 24.3 Å². The number of benzene rings is 1. The van der Waals surface area contributed by atoms with E-state index in [0.29, 0.717) is 12.3 Å². The second kappa shape index (κ2) is 6.90. The fourth-order valence-electron chi connectivity index (χ4n) is 2.97. The molecule has 1 aromatic carbocycles. The quantitative estimate of drug-likeness (QED) is 0.445. The highest BCUT2D eigenvalue weighted by atomic mass is 35.5. The number of nitro groups is 1. The zero-order chi connectivity index (χ0) is 13.7. The van der Waals surface area contributed by atoms with Crippen LogP contribution in [0.3, 0.4) is 0 Å². The van der Waals surface area contributed by atoms with E-state index in [0.717, 1.165) is 12.0 Å². The van der Waals surface area contributed by atoms with E-state index >= 15 is 0 Å². The van der Waals surface area contributed by atoms with Crippen LogP contribution in [0.5, 0.6) is 0 Å². The van der Waals surface area contributed by atoms with Crippen molar-refractivity contribution in [3.8, 4) is 0 Å². The molecular weight excluding hydrogens is 262 g/mol. The summed E-state index contributed by atoms with van der Waals surface area (Å²) < 4.78 is 0. The van der Waals surface area contributed by atoms with Crippen molar-refractivity contribution in [1.82, 2.24) is 0 Å². The first kappa shape index (κ1) is 14.3. The first-order valence-corrected chi connectivity index (χ1v) is 7.47. The normalized spacial score (nSPS) is 18.2. The highest BCUT2D eigenvalue weighted by Gasteiger charge is 2.20. The van der Waals surface area contributed by atoms with Gasteiger partial charge >= 0.3 is 0 Å². The Kier molecular flexibility index (Phi) is 5.20. The Hall–Kier alpha value is -1.09. The van der Waals surface area contributed by atoms with E-state index in [1.807, 2.05) is 12.1 Å². The molecule has 0 saturated heterocycles. The van der Waals surface area contributed by atoms with Crippen LogP contribution >= 0.6 is 11.6 Å². The SMILES string of the molecule is O=[N+]([O-])c1ccccc1CC(Cl)CC1CCCCC1. The van der Waals surface area contributed by atoms with Crippen LogP contribution in [0.25, 0.3) is 0 Å².